The second-order valence-corrected chi connectivity index (χ2v) is 4.91. The van der Waals surface area contributed by atoms with Crippen molar-refractivity contribution in [3.05, 3.63) is 59.7 Å². The molecule has 0 saturated heterocycles. The van der Waals surface area contributed by atoms with Crippen LogP contribution in [0, 0.1) is 0 Å². The Hall–Kier alpha value is -2.00. The molecule has 1 unspecified atom stereocenters. The molecular weight excluding hydrogens is 236 g/mol. The molecule has 1 atom stereocenters. The highest BCUT2D eigenvalue weighted by Gasteiger charge is 2.17. The molecule has 2 aromatic rings. The lowest BCUT2D eigenvalue weighted by Crippen LogP contribution is -2.15. The van der Waals surface area contributed by atoms with E-state index in [0.717, 1.165) is 25.2 Å². The number of hydrogen-bond donors (Lipinski definition) is 3. The fraction of sp³-hybridized carbons (Fsp3) is 0.250. The number of fused-ring (bicyclic) bond motifs is 1. The van der Waals surface area contributed by atoms with Gasteiger partial charge in [0.2, 0.25) is 0 Å². The fourth-order valence-electron chi connectivity index (χ4n) is 2.57. The van der Waals surface area contributed by atoms with E-state index < -0.39 is 0 Å². The van der Waals surface area contributed by atoms with Crippen LogP contribution in [0.1, 0.15) is 23.6 Å². The molecule has 3 nitrogen and oxygen atoms in total. The van der Waals surface area contributed by atoms with Gasteiger partial charge in [0, 0.05) is 12.2 Å². The molecule has 3 rings (SSSR count). The summed E-state index contributed by atoms with van der Waals surface area (Å²) in [5.41, 5.74) is 3.76. The Morgan fingerprint density at radius 2 is 1.84 bits per heavy atom. The van der Waals surface area contributed by atoms with Crippen molar-refractivity contribution < 1.29 is 5.11 Å². The monoisotopic (exact) mass is 254 g/mol. The van der Waals surface area contributed by atoms with Gasteiger partial charge < -0.3 is 15.7 Å². The number of rotatable bonds is 2. The molecule has 0 fully saturated rings. The van der Waals surface area contributed by atoms with E-state index in [1.807, 2.05) is 12.1 Å². The van der Waals surface area contributed by atoms with Gasteiger partial charge in [-0.1, -0.05) is 24.3 Å². The normalized spacial score (nSPS) is 18.4. The SMILES string of the molecule is Oc1ccc(NC2CCNCc3ccccc32)cc1. The molecule has 0 radical (unpaired) electrons. The Balaban J connectivity index is 1.86. The van der Waals surface area contributed by atoms with Gasteiger partial charge in [0.1, 0.15) is 5.75 Å². The average molecular weight is 254 g/mol. The summed E-state index contributed by atoms with van der Waals surface area (Å²) < 4.78 is 0. The zero-order chi connectivity index (χ0) is 13.1. The summed E-state index contributed by atoms with van der Waals surface area (Å²) in [5, 5.41) is 16.3. The Labute approximate surface area is 113 Å². The minimum Gasteiger partial charge on any atom is -0.508 e. The number of benzene rings is 2. The zero-order valence-corrected chi connectivity index (χ0v) is 10.8. The Bertz CT molecular complexity index is 551. The minimum atomic E-state index is 0.300. The van der Waals surface area contributed by atoms with Gasteiger partial charge in [-0.2, -0.15) is 0 Å². The molecule has 0 aromatic heterocycles. The molecule has 2 aromatic carbocycles. The predicted octanol–water partition coefficient (Wildman–Crippen LogP) is 3.04. The van der Waals surface area contributed by atoms with E-state index >= 15 is 0 Å². The molecule has 3 heteroatoms. The van der Waals surface area contributed by atoms with Crippen LogP contribution in [-0.2, 0) is 6.54 Å². The van der Waals surface area contributed by atoms with E-state index in [1.165, 1.54) is 11.1 Å². The highest BCUT2D eigenvalue weighted by atomic mass is 16.3. The molecular formula is C16H18N2O. The molecule has 3 N–H and O–H groups in total. The topological polar surface area (TPSA) is 44.3 Å². The summed E-state index contributed by atoms with van der Waals surface area (Å²) in [5.74, 6) is 0.300. The van der Waals surface area contributed by atoms with Gasteiger partial charge in [-0.3, -0.25) is 0 Å². The number of phenolic OH excluding ortho intramolecular Hbond substituents is 1. The van der Waals surface area contributed by atoms with Gasteiger partial charge in [-0.25, -0.2) is 0 Å². The molecule has 0 spiro atoms. The molecule has 0 saturated carbocycles. The maximum atomic E-state index is 9.33. The van der Waals surface area contributed by atoms with Gasteiger partial charge >= 0.3 is 0 Å². The average Bonchev–Trinajstić information content (AvgIpc) is 2.64. The van der Waals surface area contributed by atoms with Gasteiger partial charge in [-0.15, -0.1) is 0 Å². The number of phenols is 1. The van der Waals surface area contributed by atoms with E-state index in [9.17, 15) is 5.11 Å². The summed E-state index contributed by atoms with van der Waals surface area (Å²) in [6.45, 7) is 1.94. The standard InChI is InChI=1S/C16H18N2O/c19-14-7-5-13(6-8-14)18-16-9-10-17-11-12-3-1-2-4-15(12)16/h1-8,16-19H,9-11H2. The Kier molecular flexibility index (Phi) is 3.38. The van der Waals surface area contributed by atoms with E-state index in [4.69, 9.17) is 0 Å². The number of hydrogen-bond acceptors (Lipinski definition) is 3. The van der Waals surface area contributed by atoms with Crippen LogP contribution in [0.15, 0.2) is 48.5 Å². The first kappa shape index (κ1) is 12.1. The first-order valence-electron chi connectivity index (χ1n) is 6.67. The lowest BCUT2D eigenvalue weighted by atomic mass is 9.99. The third-order valence-electron chi connectivity index (χ3n) is 3.56. The first-order valence-corrected chi connectivity index (χ1v) is 6.67. The van der Waals surface area contributed by atoms with E-state index in [-0.39, 0.29) is 0 Å². The summed E-state index contributed by atoms with van der Waals surface area (Å²) >= 11 is 0. The van der Waals surface area contributed by atoms with Gasteiger partial charge in [0.25, 0.3) is 0 Å². The molecule has 0 amide bonds. The number of nitrogens with one attached hydrogen (secondary N) is 2. The second kappa shape index (κ2) is 5.33. The molecule has 1 aliphatic rings. The van der Waals surface area contributed by atoms with Crippen molar-refractivity contribution in [2.75, 3.05) is 11.9 Å². The van der Waals surface area contributed by atoms with Crippen LogP contribution in [-0.4, -0.2) is 11.7 Å². The van der Waals surface area contributed by atoms with Crippen molar-refractivity contribution in [3.63, 3.8) is 0 Å². The van der Waals surface area contributed by atoms with Crippen LogP contribution in [0.3, 0.4) is 0 Å². The van der Waals surface area contributed by atoms with Crippen molar-refractivity contribution in [2.24, 2.45) is 0 Å². The number of aromatic hydroxyl groups is 1. The quantitative estimate of drug-likeness (QED) is 0.722. The first-order chi connectivity index (χ1) is 9.33. The Morgan fingerprint density at radius 1 is 1.05 bits per heavy atom. The molecule has 19 heavy (non-hydrogen) atoms. The maximum absolute atomic E-state index is 9.33. The van der Waals surface area contributed by atoms with Crippen LogP contribution in [0.25, 0.3) is 0 Å². The molecule has 1 heterocycles. The maximum Gasteiger partial charge on any atom is 0.115 e. The van der Waals surface area contributed by atoms with Crippen LogP contribution in [0.5, 0.6) is 5.75 Å². The summed E-state index contributed by atoms with van der Waals surface area (Å²) in [6, 6.07) is 16.1. The van der Waals surface area contributed by atoms with Crippen molar-refractivity contribution in [1.82, 2.24) is 5.32 Å². The van der Waals surface area contributed by atoms with E-state index in [0.29, 0.717) is 11.8 Å². The summed E-state index contributed by atoms with van der Waals surface area (Å²) in [7, 11) is 0. The molecule has 98 valence electrons. The fourth-order valence-corrected chi connectivity index (χ4v) is 2.57. The minimum absolute atomic E-state index is 0.300. The van der Waals surface area contributed by atoms with E-state index in [2.05, 4.69) is 34.9 Å². The third-order valence-corrected chi connectivity index (χ3v) is 3.56. The largest absolute Gasteiger partial charge is 0.508 e. The van der Waals surface area contributed by atoms with Gasteiger partial charge in [-0.05, 0) is 48.4 Å². The van der Waals surface area contributed by atoms with E-state index in [1.54, 1.807) is 12.1 Å². The lowest BCUT2D eigenvalue weighted by Gasteiger charge is -2.20. The zero-order valence-electron chi connectivity index (χ0n) is 10.8. The van der Waals surface area contributed by atoms with Gasteiger partial charge in [0.15, 0.2) is 0 Å². The number of anilines is 1. The van der Waals surface area contributed by atoms with Crippen molar-refractivity contribution in [2.45, 2.75) is 19.0 Å². The van der Waals surface area contributed by atoms with Crippen LogP contribution < -0.4 is 10.6 Å². The molecule has 0 bridgehead atoms. The highest BCUT2D eigenvalue weighted by molar-refractivity contribution is 5.49. The van der Waals surface area contributed by atoms with Crippen molar-refractivity contribution in [3.8, 4) is 5.75 Å². The lowest BCUT2D eigenvalue weighted by molar-refractivity contribution is 0.475. The smallest absolute Gasteiger partial charge is 0.115 e. The molecule has 1 aliphatic heterocycles. The van der Waals surface area contributed by atoms with Crippen molar-refractivity contribution in [1.29, 1.82) is 0 Å². The van der Waals surface area contributed by atoms with Gasteiger partial charge in [0.05, 0.1) is 6.04 Å². The van der Waals surface area contributed by atoms with Crippen LogP contribution in [0.4, 0.5) is 5.69 Å². The van der Waals surface area contributed by atoms with Crippen molar-refractivity contribution >= 4 is 5.69 Å². The van der Waals surface area contributed by atoms with Crippen LogP contribution >= 0.6 is 0 Å². The van der Waals surface area contributed by atoms with Crippen LogP contribution in [0.2, 0.25) is 0 Å². The summed E-state index contributed by atoms with van der Waals surface area (Å²) in [6.07, 6.45) is 1.05. The predicted molar refractivity (Wildman–Crippen MR) is 77.2 cm³/mol. The Morgan fingerprint density at radius 3 is 2.68 bits per heavy atom. The third kappa shape index (κ3) is 2.71. The molecule has 0 aliphatic carbocycles. The summed E-state index contributed by atoms with van der Waals surface area (Å²) in [4.78, 5) is 0. The highest BCUT2D eigenvalue weighted by Crippen LogP contribution is 2.27. The second-order valence-electron chi connectivity index (χ2n) is 4.91.